The third-order valence-electron chi connectivity index (χ3n) is 2.87. The van der Waals surface area contributed by atoms with Crippen LogP contribution in [0.1, 0.15) is 15.9 Å². The number of amides is 1. The van der Waals surface area contributed by atoms with Crippen molar-refractivity contribution in [2.45, 2.75) is 6.54 Å². The zero-order valence-corrected chi connectivity index (χ0v) is 12.4. The number of benzene rings is 2. The number of hydrogen-bond donors (Lipinski definition) is 1. The average Bonchev–Trinajstić information content (AvgIpc) is 2.43. The zero-order valence-electron chi connectivity index (χ0n) is 10.8. The number of halogens is 2. The van der Waals surface area contributed by atoms with Crippen molar-refractivity contribution in [3.05, 3.63) is 63.9 Å². The summed E-state index contributed by atoms with van der Waals surface area (Å²) in [6.07, 6.45) is 0. The first-order valence-electron chi connectivity index (χ1n) is 5.96. The zero-order chi connectivity index (χ0) is 14.7. The Hall–Kier alpha value is -1.88. The smallest absolute Gasteiger partial charge is 0.257 e. The molecule has 0 atom stereocenters. The van der Waals surface area contributed by atoms with Crippen molar-refractivity contribution in [1.29, 1.82) is 0 Å². The summed E-state index contributed by atoms with van der Waals surface area (Å²) in [6, 6.07) is 10.6. The third kappa shape index (κ3) is 3.36. The van der Waals surface area contributed by atoms with Crippen molar-refractivity contribution in [3.63, 3.8) is 0 Å². The van der Waals surface area contributed by atoms with Gasteiger partial charge in [0.2, 0.25) is 0 Å². The standard InChI is InChI=1S/C15H13BrFNO2/c1-18(9-10-2-5-12(17)6-3-10)15(20)13-8-11(16)4-7-14(13)19/h2-8,19H,9H2,1H3. The maximum absolute atomic E-state index is 12.8. The summed E-state index contributed by atoms with van der Waals surface area (Å²) in [5.74, 6) is -0.676. The van der Waals surface area contributed by atoms with E-state index in [0.717, 1.165) is 5.56 Å². The van der Waals surface area contributed by atoms with Gasteiger partial charge in [-0.1, -0.05) is 28.1 Å². The van der Waals surface area contributed by atoms with E-state index in [0.29, 0.717) is 11.0 Å². The summed E-state index contributed by atoms with van der Waals surface area (Å²) < 4.78 is 13.5. The normalized spacial score (nSPS) is 10.3. The van der Waals surface area contributed by atoms with Gasteiger partial charge in [-0.2, -0.15) is 0 Å². The van der Waals surface area contributed by atoms with Crippen LogP contribution in [-0.2, 0) is 6.54 Å². The van der Waals surface area contributed by atoms with Crippen molar-refractivity contribution in [3.8, 4) is 5.75 Å². The molecule has 1 N–H and O–H groups in total. The first-order chi connectivity index (χ1) is 9.47. The Morgan fingerprint density at radius 2 is 1.90 bits per heavy atom. The summed E-state index contributed by atoms with van der Waals surface area (Å²) in [5, 5.41) is 9.74. The molecule has 104 valence electrons. The Labute approximate surface area is 124 Å². The lowest BCUT2D eigenvalue weighted by molar-refractivity contribution is 0.0782. The molecule has 2 rings (SSSR count). The van der Waals surface area contributed by atoms with E-state index >= 15 is 0 Å². The summed E-state index contributed by atoms with van der Waals surface area (Å²) >= 11 is 3.27. The van der Waals surface area contributed by atoms with E-state index in [2.05, 4.69) is 15.9 Å². The molecule has 0 bridgehead atoms. The van der Waals surface area contributed by atoms with Crippen molar-refractivity contribution in [2.75, 3.05) is 7.05 Å². The molecule has 0 aliphatic rings. The molecule has 20 heavy (non-hydrogen) atoms. The second kappa shape index (κ2) is 6.05. The number of carbonyl (C=O) groups is 1. The predicted molar refractivity (Wildman–Crippen MR) is 78.0 cm³/mol. The highest BCUT2D eigenvalue weighted by Crippen LogP contribution is 2.23. The number of nitrogens with zero attached hydrogens (tertiary/aromatic N) is 1. The Bertz CT molecular complexity index is 628. The van der Waals surface area contributed by atoms with Gasteiger partial charge < -0.3 is 10.0 Å². The van der Waals surface area contributed by atoms with Gasteiger partial charge in [0.25, 0.3) is 5.91 Å². The Morgan fingerprint density at radius 3 is 2.55 bits per heavy atom. The molecule has 5 heteroatoms. The highest BCUT2D eigenvalue weighted by Gasteiger charge is 2.16. The number of aromatic hydroxyl groups is 1. The van der Waals surface area contributed by atoms with Crippen LogP contribution in [0.2, 0.25) is 0 Å². The summed E-state index contributed by atoms with van der Waals surface area (Å²) in [5.41, 5.74) is 1.04. The number of phenols is 1. The second-order valence-corrected chi connectivity index (χ2v) is 5.36. The first kappa shape index (κ1) is 14.5. The maximum Gasteiger partial charge on any atom is 0.257 e. The van der Waals surface area contributed by atoms with E-state index in [-0.39, 0.29) is 23.0 Å². The van der Waals surface area contributed by atoms with Crippen LogP contribution >= 0.6 is 15.9 Å². The van der Waals surface area contributed by atoms with Crippen LogP contribution in [0.15, 0.2) is 46.9 Å². The minimum Gasteiger partial charge on any atom is -0.507 e. The quantitative estimate of drug-likeness (QED) is 0.930. The van der Waals surface area contributed by atoms with E-state index in [1.165, 1.54) is 23.1 Å². The van der Waals surface area contributed by atoms with E-state index in [4.69, 9.17) is 0 Å². The molecule has 3 nitrogen and oxygen atoms in total. The minimum absolute atomic E-state index is 0.0656. The Balaban J connectivity index is 2.16. The van der Waals surface area contributed by atoms with Gasteiger partial charge in [-0.25, -0.2) is 4.39 Å². The number of hydrogen-bond acceptors (Lipinski definition) is 2. The lowest BCUT2D eigenvalue weighted by Crippen LogP contribution is -2.26. The molecule has 1 amide bonds. The van der Waals surface area contributed by atoms with E-state index in [1.807, 2.05) is 0 Å². The molecule has 2 aromatic carbocycles. The SMILES string of the molecule is CN(Cc1ccc(F)cc1)C(=O)c1cc(Br)ccc1O. The highest BCUT2D eigenvalue weighted by atomic mass is 79.9. The Kier molecular flexibility index (Phi) is 4.39. The van der Waals surface area contributed by atoms with Gasteiger partial charge in [-0.15, -0.1) is 0 Å². The fourth-order valence-corrected chi connectivity index (χ4v) is 2.18. The molecule has 0 radical (unpaired) electrons. The molecule has 2 aromatic rings. The predicted octanol–water partition coefficient (Wildman–Crippen LogP) is 3.57. The van der Waals surface area contributed by atoms with E-state index < -0.39 is 0 Å². The van der Waals surface area contributed by atoms with Gasteiger partial charge in [0, 0.05) is 18.1 Å². The van der Waals surface area contributed by atoms with E-state index in [1.54, 1.807) is 31.3 Å². The molecular weight excluding hydrogens is 325 g/mol. The van der Waals surface area contributed by atoms with Crippen molar-refractivity contribution in [1.82, 2.24) is 4.90 Å². The second-order valence-electron chi connectivity index (χ2n) is 4.45. The summed E-state index contributed by atoms with van der Waals surface area (Å²) in [4.78, 5) is 13.7. The lowest BCUT2D eigenvalue weighted by atomic mass is 10.1. The molecule has 0 aliphatic carbocycles. The number of carbonyl (C=O) groups excluding carboxylic acids is 1. The first-order valence-corrected chi connectivity index (χ1v) is 6.75. The third-order valence-corrected chi connectivity index (χ3v) is 3.36. The monoisotopic (exact) mass is 337 g/mol. The minimum atomic E-state index is -0.313. The van der Waals surface area contributed by atoms with E-state index in [9.17, 15) is 14.3 Å². The molecule has 0 heterocycles. The fraction of sp³-hybridized carbons (Fsp3) is 0.133. The van der Waals surface area contributed by atoms with Crippen LogP contribution in [0.5, 0.6) is 5.75 Å². The van der Waals surface area contributed by atoms with Crippen LogP contribution in [-0.4, -0.2) is 23.0 Å². The summed E-state index contributed by atoms with van der Waals surface area (Å²) in [7, 11) is 1.63. The highest BCUT2D eigenvalue weighted by molar-refractivity contribution is 9.10. The van der Waals surface area contributed by atoms with Crippen LogP contribution in [0.3, 0.4) is 0 Å². The number of phenolic OH excluding ortho intramolecular Hbond substituents is 1. The lowest BCUT2D eigenvalue weighted by Gasteiger charge is -2.18. The van der Waals surface area contributed by atoms with Crippen molar-refractivity contribution < 1.29 is 14.3 Å². The number of rotatable bonds is 3. The summed E-state index contributed by atoms with van der Waals surface area (Å²) in [6.45, 7) is 0.338. The Morgan fingerprint density at radius 1 is 1.25 bits per heavy atom. The topological polar surface area (TPSA) is 40.5 Å². The molecular formula is C15H13BrFNO2. The van der Waals surface area contributed by atoms with Gasteiger partial charge >= 0.3 is 0 Å². The maximum atomic E-state index is 12.8. The molecule has 0 fully saturated rings. The largest absolute Gasteiger partial charge is 0.507 e. The molecule has 0 saturated carbocycles. The van der Waals surface area contributed by atoms with Crippen LogP contribution in [0.4, 0.5) is 4.39 Å². The van der Waals surface area contributed by atoms with Crippen LogP contribution in [0.25, 0.3) is 0 Å². The van der Waals surface area contributed by atoms with Crippen LogP contribution < -0.4 is 0 Å². The molecule has 0 aromatic heterocycles. The molecule has 0 aliphatic heterocycles. The van der Waals surface area contributed by atoms with Crippen LogP contribution in [0, 0.1) is 5.82 Å². The van der Waals surface area contributed by atoms with Gasteiger partial charge in [0.05, 0.1) is 5.56 Å². The molecule has 0 unspecified atom stereocenters. The van der Waals surface area contributed by atoms with Gasteiger partial charge in [0.15, 0.2) is 0 Å². The van der Waals surface area contributed by atoms with Crippen molar-refractivity contribution >= 4 is 21.8 Å². The fourth-order valence-electron chi connectivity index (χ4n) is 1.82. The van der Waals surface area contributed by atoms with Crippen molar-refractivity contribution in [2.24, 2.45) is 0 Å². The van der Waals surface area contributed by atoms with Gasteiger partial charge in [0.1, 0.15) is 11.6 Å². The molecule has 0 spiro atoms. The molecule has 0 saturated heterocycles. The average molecular weight is 338 g/mol. The van der Waals surface area contributed by atoms with Gasteiger partial charge in [-0.05, 0) is 35.9 Å². The van der Waals surface area contributed by atoms with Gasteiger partial charge in [-0.3, -0.25) is 4.79 Å².